The third kappa shape index (κ3) is 3.18. The first-order valence-corrected chi connectivity index (χ1v) is 9.05. The number of sulfonamides is 1. The maximum Gasteiger partial charge on any atom is 0.261 e. The van der Waals surface area contributed by atoms with Crippen LogP contribution in [-0.4, -0.2) is 20.2 Å². The number of carbonyl (C=O) groups is 2. The molecule has 0 amide bonds. The second-order valence-corrected chi connectivity index (χ2v) is 7.40. The molecule has 1 aromatic heterocycles. The Morgan fingerprint density at radius 3 is 2.31 bits per heavy atom. The lowest BCUT2D eigenvalue weighted by molar-refractivity contribution is -0.255. The number of carbonyl (C=O) groups excluding carboxylic acids is 2. The van der Waals surface area contributed by atoms with Crippen LogP contribution in [0.2, 0.25) is 0 Å². The number of furan rings is 1. The van der Waals surface area contributed by atoms with E-state index in [-0.39, 0.29) is 21.9 Å². The van der Waals surface area contributed by atoms with E-state index in [9.17, 15) is 23.1 Å². The maximum atomic E-state index is 12.5. The van der Waals surface area contributed by atoms with Crippen LogP contribution in [0, 0.1) is 6.92 Å². The molecule has 0 radical (unpaired) electrons. The molecule has 26 heavy (non-hydrogen) atoms. The Balaban J connectivity index is 1.98. The number of hydrogen-bond donors (Lipinski definition) is 1. The van der Waals surface area contributed by atoms with Crippen molar-refractivity contribution in [2.75, 3.05) is 4.72 Å². The van der Waals surface area contributed by atoms with Crippen LogP contribution in [0.3, 0.4) is 0 Å². The van der Waals surface area contributed by atoms with Gasteiger partial charge in [-0.25, -0.2) is 8.42 Å². The van der Waals surface area contributed by atoms with Crippen molar-refractivity contribution in [3.63, 3.8) is 0 Å². The van der Waals surface area contributed by atoms with E-state index in [0.717, 1.165) is 12.1 Å². The van der Waals surface area contributed by atoms with Crippen LogP contribution in [0.5, 0.6) is 0 Å². The molecule has 0 aliphatic rings. The van der Waals surface area contributed by atoms with E-state index in [1.807, 2.05) is 0 Å². The average Bonchev–Trinajstić information content (AvgIpc) is 2.89. The molecule has 0 bridgehead atoms. The zero-order valence-corrected chi connectivity index (χ0v) is 14.7. The van der Waals surface area contributed by atoms with Gasteiger partial charge in [0.2, 0.25) is 0 Å². The Hall–Kier alpha value is -3.13. The molecule has 0 atom stereocenters. The summed E-state index contributed by atoms with van der Waals surface area (Å²) in [5, 5.41) is 11.3. The molecule has 7 nitrogen and oxygen atoms in total. The molecular weight excluding hydrogens is 358 g/mol. The third-order valence-electron chi connectivity index (χ3n) is 3.87. The van der Waals surface area contributed by atoms with Gasteiger partial charge in [0.05, 0.1) is 16.4 Å². The first-order chi connectivity index (χ1) is 12.2. The monoisotopic (exact) mass is 372 g/mol. The van der Waals surface area contributed by atoms with Gasteiger partial charge in [0.25, 0.3) is 10.0 Å². The molecule has 3 rings (SSSR count). The zero-order chi connectivity index (χ0) is 19.1. The summed E-state index contributed by atoms with van der Waals surface area (Å²) in [4.78, 5) is 22.4. The minimum atomic E-state index is -3.93. The highest BCUT2D eigenvalue weighted by Crippen LogP contribution is 2.29. The van der Waals surface area contributed by atoms with Crippen LogP contribution in [-0.2, 0) is 10.0 Å². The van der Waals surface area contributed by atoms with E-state index in [2.05, 4.69) is 4.72 Å². The van der Waals surface area contributed by atoms with Gasteiger partial charge in [-0.15, -0.1) is 0 Å². The molecule has 0 aliphatic heterocycles. The first kappa shape index (κ1) is 17.7. The number of carboxylic acid groups (broad SMARTS) is 1. The molecule has 2 aromatic carbocycles. The van der Waals surface area contributed by atoms with Gasteiger partial charge in [-0.2, -0.15) is 0 Å². The predicted molar refractivity (Wildman–Crippen MR) is 92.5 cm³/mol. The van der Waals surface area contributed by atoms with Crippen LogP contribution < -0.4 is 9.83 Å². The van der Waals surface area contributed by atoms with Crippen LogP contribution >= 0.6 is 0 Å². The Bertz CT molecular complexity index is 1130. The Labute approximate surface area is 149 Å². The van der Waals surface area contributed by atoms with E-state index in [4.69, 9.17) is 4.42 Å². The third-order valence-corrected chi connectivity index (χ3v) is 5.27. The molecule has 0 spiro atoms. The summed E-state index contributed by atoms with van der Waals surface area (Å²) >= 11 is 0. The molecule has 8 heteroatoms. The molecule has 0 unspecified atom stereocenters. The molecule has 1 N–H and O–H groups in total. The number of fused-ring (bicyclic) bond motifs is 1. The molecule has 3 aromatic rings. The second kappa shape index (κ2) is 6.30. The van der Waals surface area contributed by atoms with Gasteiger partial charge in [-0.05, 0) is 49.7 Å². The number of aromatic carboxylic acids is 1. The second-order valence-electron chi connectivity index (χ2n) is 5.72. The van der Waals surface area contributed by atoms with Crippen LogP contribution in [0.1, 0.15) is 33.4 Å². The topological polar surface area (TPSA) is 117 Å². The van der Waals surface area contributed by atoms with Gasteiger partial charge < -0.3 is 14.3 Å². The summed E-state index contributed by atoms with van der Waals surface area (Å²) in [5.74, 6) is -1.11. The fourth-order valence-electron chi connectivity index (χ4n) is 2.71. The Morgan fingerprint density at radius 1 is 1.08 bits per heavy atom. The summed E-state index contributed by atoms with van der Waals surface area (Å²) in [7, 11) is -3.93. The average molecular weight is 372 g/mol. The summed E-state index contributed by atoms with van der Waals surface area (Å²) in [5.41, 5.74) is 1.02. The number of Topliss-reactive ketones (excluding diaryl/α,β-unsaturated/α-hetero) is 1. The molecule has 0 saturated heterocycles. The van der Waals surface area contributed by atoms with Crippen molar-refractivity contribution in [1.29, 1.82) is 0 Å². The van der Waals surface area contributed by atoms with Crippen molar-refractivity contribution in [2.24, 2.45) is 0 Å². The van der Waals surface area contributed by atoms with E-state index in [0.29, 0.717) is 22.3 Å². The lowest BCUT2D eigenvalue weighted by Crippen LogP contribution is -2.22. The number of nitrogens with one attached hydrogen (secondary N) is 1. The minimum absolute atomic E-state index is 0.0993. The molecule has 0 saturated carbocycles. The van der Waals surface area contributed by atoms with Gasteiger partial charge in [0.1, 0.15) is 11.3 Å². The summed E-state index contributed by atoms with van der Waals surface area (Å²) in [6.45, 7) is 3.08. The van der Waals surface area contributed by atoms with Crippen molar-refractivity contribution < 1.29 is 27.5 Å². The van der Waals surface area contributed by atoms with Crippen LogP contribution in [0.4, 0.5) is 5.69 Å². The zero-order valence-electron chi connectivity index (χ0n) is 13.9. The largest absolute Gasteiger partial charge is 0.545 e. The van der Waals surface area contributed by atoms with E-state index in [1.54, 1.807) is 13.0 Å². The van der Waals surface area contributed by atoms with Crippen molar-refractivity contribution in [3.05, 3.63) is 59.4 Å². The lowest BCUT2D eigenvalue weighted by Gasteiger charge is -2.09. The number of hydrogen-bond acceptors (Lipinski definition) is 6. The standard InChI is InChI=1S/C18H15NO6S/c1-10(20)17-11(2)25-16-8-5-13(9-15(16)17)19-26(23,24)14-6-3-12(4-7-14)18(21)22/h3-9,19H,1-2H3,(H,21,22)/p-1. The number of rotatable bonds is 5. The minimum Gasteiger partial charge on any atom is -0.545 e. The van der Waals surface area contributed by atoms with Crippen molar-refractivity contribution in [1.82, 2.24) is 0 Å². The molecular formula is C18H14NO6S-. The quantitative estimate of drug-likeness (QED) is 0.686. The first-order valence-electron chi connectivity index (χ1n) is 7.57. The van der Waals surface area contributed by atoms with Crippen molar-refractivity contribution in [2.45, 2.75) is 18.7 Å². The van der Waals surface area contributed by atoms with Crippen molar-refractivity contribution >= 4 is 38.4 Å². The maximum absolute atomic E-state index is 12.5. The number of ketones is 1. The van der Waals surface area contributed by atoms with E-state index >= 15 is 0 Å². The summed E-state index contributed by atoms with van der Waals surface area (Å²) in [6.07, 6.45) is 0. The summed E-state index contributed by atoms with van der Waals surface area (Å²) in [6, 6.07) is 9.27. The molecule has 0 aliphatic carbocycles. The van der Waals surface area contributed by atoms with Gasteiger partial charge in [0.15, 0.2) is 5.78 Å². The fraction of sp³-hybridized carbons (Fsp3) is 0.111. The predicted octanol–water partition coefficient (Wildman–Crippen LogP) is 2.11. The Morgan fingerprint density at radius 2 is 1.73 bits per heavy atom. The van der Waals surface area contributed by atoms with Gasteiger partial charge in [-0.3, -0.25) is 9.52 Å². The van der Waals surface area contributed by atoms with Gasteiger partial charge >= 0.3 is 0 Å². The molecule has 1 heterocycles. The highest BCUT2D eigenvalue weighted by atomic mass is 32.2. The number of benzene rings is 2. The summed E-state index contributed by atoms with van der Waals surface area (Å²) < 4.78 is 32.9. The highest BCUT2D eigenvalue weighted by molar-refractivity contribution is 7.92. The van der Waals surface area contributed by atoms with E-state index < -0.39 is 16.0 Å². The van der Waals surface area contributed by atoms with E-state index in [1.165, 1.54) is 31.2 Å². The number of anilines is 1. The SMILES string of the molecule is CC(=O)c1c(C)oc2ccc(NS(=O)(=O)c3ccc(C(=O)[O-])cc3)cc12. The smallest absolute Gasteiger partial charge is 0.261 e. The number of carboxylic acids is 1. The normalized spacial score (nSPS) is 11.5. The Kier molecular flexibility index (Phi) is 4.29. The van der Waals surface area contributed by atoms with Gasteiger partial charge in [0, 0.05) is 11.1 Å². The van der Waals surface area contributed by atoms with Crippen molar-refractivity contribution in [3.8, 4) is 0 Å². The van der Waals surface area contributed by atoms with Gasteiger partial charge in [-0.1, -0.05) is 12.1 Å². The molecule has 134 valence electrons. The lowest BCUT2D eigenvalue weighted by atomic mass is 10.1. The molecule has 0 fully saturated rings. The number of aryl methyl sites for hydroxylation is 1. The van der Waals surface area contributed by atoms with Crippen LogP contribution in [0.25, 0.3) is 11.0 Å². The fourth-order valence-corrected chi connectivity index (χ4v) is 3.75. The highest BCUT2D eigenvalue weighted by Gasteiger charge is 2.18. The van der Waals surface area contributed by atoms with Crippen LogP contribution in [0.15, 0.2) is 51.8 Å².